The lowest BCUT2D eigenvalue weighted by Crippen LogP contribution is -2.38. The molecule has 5 heteroatoms. The Bertz CT molecular complexity index is 307. The maximum atomic E-state index is 11.5. The van der Waals surface area contributed by atoms with Crippen molar-refractivity contribution in [2.75, 3.05) is 19.7 Å². The average molecular weight is 254 g/mol. The number of likely N-dealkylation sites (tertiary alicyclic amines) is 1. The molecule has 0 bridgehead atoms. The lowest BCUT2D eigenvalue weighted by molar-refractivity contribution is -0.132. The first kappa shape index (κ1) is 14.7. The molecule has 0 saturated carbocycles. The Hall–Kier alpha value is -1.39. The van der Waals surface area contributed by atoms with E-state index in [0.29, 0.717) is 18.9 Å². The molecular formula is C13H22N2O3. The summed E-state index contributed by atoms with van der Waals surface area (Å²) in [5, 5.41) is 3.57. The van der Waals surface area contributed by atoms with E-state index >= 15 is 0 Å². The Morgan fingerprint density at radius 3 is 2.61 bits per heavy atom. The quantitative estimate of drug-likeness (QED) is 0.411. The summed E-state index contributed by atoms with van der Waals surface area (Å²) in [5.41, 5.74) is 0. The summed E-state index contributed by atoms with van der Waals surface area (Å²) in [7, 11) is 0. The summed E-state index contributed by atoms with van der Waals surface area (Å²) in [5.74, 6) is 0.732. The van der Waals surface area contributed by atoms with Crippen molar-refractivity contribution in [2.24, 2.45) is 11.1 Å². The van der Waals surface area contributed by atoms with Crippen molar-refractivity contribution in [3.63, 3.8) is 0 Å². The van der Waals surface area contributed by atoms with Crippen molar-refractivity contribution in [1.29, 1.82) is 0 Å². The van der Waals surface area contributed by atoms with Gasteiger partial charge in [0.15, 0.2) is 5.78 Å². The van der Waals surface area contributed by atoms with Crippen LogP contribution in [0.4, 0.5) is 0 Å². The van der Waals surface area contributed by atoms with E-state index in [0.717, 1.165) is 32.4 Å². The highest BCUT2D eigenvalue weighted by atomic mass is 16.6. The molecule has 1 heterocycles. The summed E-state index contributed by atoms with van der Waals surface area (Å²) < 4.78 is 0. The SMILES string of the molecule is CCC(=O)N1CCC(CCO/N=C/C(C)=O)CC1. The van der Waals surface area contributed by atoms with Gasteiger partial charge in [-0.1, -0.05) is 12.1 Å². The first-order valence-electron chi connectivity index (χ1n) is 6.57. The van der Waals surface area contributed by atoms with E-state index in [1.54, 1.807) is 0 Å². The number of hydrogen-bond donors (Lipinski definition) is 0. The van der Waals surface area contributed by atoms with Crippen molar-refractivity contribution < 1.29 is 14.4 Å². The first-order chi connectivity index (χ1) is 8.63. The van der Waals surface area contributed by atoms with Gasteiger partial charge in [-0.05, 0) is 25.2 Å². The fourth-order valence-corrected chi connectivity index (χ4v) is 2.08. The second kappa shape index (κ2) is 7.84. The second-order valence-electron chi connectivity index (χ2n) is 4.64. The zero-order chi connectivity index (χ0) is 13.4. The molecule has 0 radical (unpaired) electrons. The maximum absolute atomic E-state index is 11.5. The summed E-state index contributed by atoms with van der Waals surface area (Å²) in [6, 6.07) is 0. The number of piperidine rings is 1. The van der Waals surface area contributed by atoms with Crippen LogP contribution in [0.15, 0.2) is 5.16 Å². The molecule has 0 N–H and O–H groups in total. The van der Waals surface area contributed by atoms with Gasteiger partial charge in [-0.15, -0.1) is 0 Å². The first-order valence-corrected chi connectivity index (χ1v) is 6.57. The van der Waals surface area contributed by atoms with E-state index < -0.39 is 0 Å². The van der Waals surface area contributed by atoms with Gasteiger partial charge in [0.05, 0.1) is 0 Å². The molecule has 0 aromatic heterocycles. The molecule has 1 amide bonds. The number of ketones is 1. The Morgan fingerprint density at radius 1 is 1.39 bits per heavy atom. The average Bonchev–Trinajstić information content (AvgIpc) is 2.38. The zero-order valence-electron chi connectivity index (χ0n) is 11.2. The van der Waals surface area contributed by atoms with Crippen LogP contribution in [0.1, 0.15) is 39.5 Å². The molecule has 0 atom stereocenters. The van der Waals surface area contributed by atoms with E-state index in [2.05, 4.69) is 5.16 Å². The minimum atomic E-state index is -0.110. The Labute approximate surface area is 108 Å². The van der Waals surface area contributed by atoms with Crippen molar-refractivity contribution >= 4 is 17.9 Å². The van der Waals surface area contributed by atoms with Crippen LogP contribution in [0.25, 0.3) is 0 Å². The minimum absolute atomic E-state index is 0.110. The number of carbonyl (C=O) groups excluding carboxylic acids is 2. The Kier molecular flexibility index (Phi) is 6.39. The molecule has 0 aromatic carbocycles. The van der Waals surface area contributed by atoms with Crippen LogP contribution in [0.2, 0.25) is 0 Å². The monoisotopic (exact) mass is 254 g/mol. The van der Waals surface area contributed by atoms with Crippen LogP contribution in [0.3, 0.4) is 0 Å². The van der Waals surface area contributed by atoms with Crippen LogP contribution >= 0.6 is 0 Å². The molecule has 0 aromatic rings. The van der Waals surface area contributed by atoms with Gasteiger partial charge in [-0.2, -0.15) is 0 Å². The Morgan fingerprint density at radius 2 is 2.06 bits per heavy atom. The van der Waals surface area contributed by atoms with Gasteiger partial charge in [0, 0.05) is 26.4 Å². The standard InChI is InChI=1S/C13H22N2O3/c1-3-13(17)15-7-4-12(5-8-15)6-9-18-14-10-11(2)16/h10,12H,3-9H2,1-2H3/b14-10+. The van der Waals surface area contributed by atoms with Crippen molar-refractivity contribution in [3.05, 3.63) is 0 Å². The van der Waals surface area contributed by atoms with Gasteiger partial charge in [-0.25, -0.2) is 0 Å². The molecule has 1 rings (SSSR count). The number of Topliss-reactive ketones (excluding diaryl/α,β-unsaturated/α-hetero) is 1. The van der Waals surface area contributed by atoms with Crippen LogP contribution in [-0.4, -0.2) is 42.5 Å². The van der Waals surface area contributed by atoms with Crippen LogP contribution < -0.4 is 0 Å². The lowest BCUT2D eigenvalue weighted by atomic mass is 9.94. The van der Waals surface area contributed by atoms with Crippen molar-refractivity contribution in [1.82, 2.24) is 4.90 Å². The molecular weight excluding hydrogens is 232 g/mol. The van der Waals surface area contributed by atoms with Crippen molar-refractivity contribution in [3.8, 4) is 0 Å². The van der Waals surface area contributed by atoms with Crippen LogP contribution in [-0.2, 0) is 14.4 Å². The molecule has 102 valence electrons. The zero-order valence-corrected chi connectivity index (χ0v) is 11.2. The molecule has 0 spiro atoms. The van der Waals surface area contributed by atoms with E-state index in [-0.39, 0.29) is 11.7 Å². The third kappa shape index (κ3) is 5.29. The normalized spacial score (nSPS) is 17.1. The van der Waals surface area contributed by atoms with Gasteiger partial charge in [0.1, 0.15) is 12.8 Å². The number of hydrogen-bond acceptors (Lipinski definition) is 4. The number of rotatable bonds is 6. The number of carbonyl (C=O) groups is 2. The lowest BCUT2D eigenvalue weighted by Gasteiger charge is -2.31. The highest BCUT2D eigenvalue weighted by molar-refractivity contribution is 6.26. The van der Waals surface area contributed by atoms with Gasteiger partial charge in [0.2, 0.25) is 5.91 Å². The summed E-state index contributed by atoms with van der Waals surface area (Å²) in [6.07, 6.45) is 4.77. The van der Waals surface area contributed by atoms with E-state index in [1.807, 2.05) is 11.8 Å². The molecule has 1 saturated heterocycles. The highest BCUT2D eigenvalue weighted by Crippen LogP contribution is 2.20. The summed E-state index contributed by atoms with van der Waals surface area (Å²) in [6.45, 7) is 5.58. The number of oxime groups is 1. The molecule has 0 unspecified atom stereocenters. The topological polar surface area (TPSA) is 59.0 Å². The third-order valence-corrected chi connectivity index (χ3v) is 3.20. The van der Waals surface area contributed by atoms with Gasteiger partial charge >= 0.3 is 0 Å². The highest BCUT2D eigenvalue weighted by Gasteiger charge is 2.21. The fourth-order valence-electron chi connectivity index (χ4n) is 2.08. The van der Waals surface area contributed by atoms with Crippen molar-refractivity contribution in [2.45, 2.75) is 39.5 Å². The van der Waals surface area contributed by atoms with Gasteiger partial charge in [-0.3, -0.25) is 9.59 Å². The Balaban J connectivity index is 2.12. The summed E-state index contributed by atoms with van der Waals surface area (Å²) >= 11 is 0. The molecule has 0 aliphatic carbocycles. The molecule has 1 fully saturated rings. The smallest absolute Gasteiger partial charge is 0.222 e. The largest absolute Gasteiger partial charge is 0.396 e. The second-order valence-corrected chi connectivity index (χ2v) is 4.64. The maximum Gasteiger partial charge on any atom is 0.222 e. The van der Waals surface area contributed by atoms with Gasteiger partial charge < -0.3 is 9.74 Å². The summed E-state index contributed by atoms with van der Waals surface area (Å²) in [4.78, 5) is 29.0. The van der Waals surface area contributed by atoms with E-state index in [9.17, 15) is 9.59 Å². The van der Waals surface area contributed by atoms with Crippen LogP contribution in [0.5, 0.6) is 0 Å². The predicted molar refractivity (Wildman–Crippen MR) is 69.3 cm³/mol. The number of amides is 1. The predicted octanol–water partition coefficient (Wildman–Crippen LogP) is 1.62. The molecule has 5 nitrogen and oxygen atoms in total. The molecule has 18 heavy (non-hydrogen) atoms. The van der Waals surface area contributed by atoms with Crippen LogP contribution in [0, 0.1) is 5.92 Å². The molecule has 1 aliphatic rings. The van der Waals surface area contributed by atoms with E-state index in [4.69, 9.17) is 4.84 Å². The third-order valence-electron chi connectivity index (χ3n) is 3.20. The fraction of sp³-hybridized carbons (Fsp3) is 0.769. The van der Waals surface area contributed by atoms with Gasteiger partial charge in [0.25, 0.3) is 0 Å². The number of nitrogens with zero attached hydrogens (tertiary/aromatic N) is 2. The van der Waals surface area contributed by atoms with E-state index in [1.165, 1.54) is 13.1 Å². The molecule has 1 aliphatic heterocycles. The minimum Gasteiger partial charge on any atom is -0.396 e.